The molecule has 0 radical (unpaired) electrons. The fraction of sp³-hybridized carbons (Fsp3) is 0.0909. The van der Waals surface area contributed by atoms with E-state index in [4.69, 9.17) is 10.5 Å². The molecule has 1 aromatic heterocycles. The van der Waals surface area contributed by atoms with Crippen molar-refractivity contribution < 1.29 is 13.2 Å². The minimum Gasteiger partial charge on any atom is -0.478 e. The first-order valence-corrected chi connectivity index (χ1v) is 6.74. The Morgan fingerprint density at radius 3 is 2.42 bits per heavy atom. The summed E-state index contributed by atoms with van der Waals surface area (Å²) in [5.74, 6) is 0.128. The quantitative estimate of drug-likeness (QED) is 0.807. The SMILES string of the molecule is COc1nccnc1NS(=O)(=O)[13c]1[13cH][13cH][13c](N)[13cH][13cH]1. The van der Waals surface area contributed by atoms with Crippen LogP contribution in [0.15, 0.2) is 41.6 Å². The van der Waals surface area contributed by atoms with Crippen molar-refractivity contribution in [2.75, 3.05) is 17.6 Å². The lowest BCUT2D eigenvalue weighted by Gasteiger charge is -2.09. The molecule has 0 fully saturated rings. The van der Waals surface area contributed by atoms with E-state index in [-0.39, 0.29) is 16.6 Å². The summed E-state index contributed by atoms with van der Waals surface area (Å²) in [5.41, 5.74) is 5.99. The molecular formula is C11H12N4O3S. The maximum atomic E-state index is 12.1. The smallest absolute Gasteiger partial charge is 0.263 e. The first-order chi connectivity index (χ1) is 9.03. The number of benzene rings is 1. The molecule has 7 nitrogen and oxygen atoms in total. The van der Waals surface area contributed by atoms with Gasteiger partial charge < -0.3 is 10.5 Å². The highest BCUT2D eigenvalue weighted by molar-refractivity contribution is 7.92. The highest BCUT2D eigenvalue weighted by atomic mass is 32.2. The number of nitrogens with two attached hydrogens (primary N) is 1. The number of anilines is 2. The Morgan fingerprint density at radius 2 is 1.79 bits per heavy atom. The zero-order valence-corrected chi connectivity index (χ0v) is 10.9. The van der Waals surface area contributed by atoms with Gasteiger partial charge in [0.25, 0.3) is 15.9 Å². The molecule has 2 rings (SSSR count). The number of aromatic nitrogens is 2. The van der Waals surface area contributed by atoms with Crippen LogP contribution in [0.4, 0.5) is 11.5 Å². The molecule has 1 heterocycles. The predicted molar refractivity (Wildman–Crippen MR) is 70.2 cm³/mol. The number of nitrogen functional groups attached to an aromatic ring is 1. The Hall–Kier alpha value is -2.35. The minimum absolute atomic E-state index is 0.0295. The van der Waals surface area contributed by atoms with Crippen LogP contribution >= 0.6 is 0 Å². The van der Waals surface area contributed by atoms with E-state index in [1.54, 1.807) is 0 Å². The predicted octanol–water partition coefficient (Wildman–Crippen LogP) is 0.868. The lowest BCUT2D eigenvalue weighted by Crippen LogP contribution is -2.15. The Morgan fingerprint density at radius 1 is 1.16 bits per heavy atom. The monoisotopic (exact) mass is 286 g/mol. The second kappa shape index (κ2) is 5.11. The molecule has 100 valence electrons. The number of hydrogen-bond donors (Lipinski definition) is 2. The van der Waals surface area contributed by atoms with Crippen LogP contribution in [0.2, 0.25) is 0 Å². The van der Waals surface area contributed by atoms with Crippen LogP contribution < -0.4 is 15.2 Å². The average molecular weight is 286 g/mol. The second-order valence-electron chi connectivity index (χ2n) is 3.59. The molecule has 3 N–H and O–H groups in total. The van der Waals surface area contributed by atoms with Crippen LogP contribution in [0.1, 0.15) is 0 Å². The van der Waals surface area contributed by atoms with Crippen molar-refractivity contribution in [1.29, 1.82) is 0 Å². The summed E-state index contributed by atoms with van der Waals surface area (Å²) < 4.78 is 31.4. The summed E-state index contributed by atoms with van der Waals surface area (Å²) in [4.78, 5) is 7.81. The maximum Gasteiger partial charge on any atom is 0.263 e. The van der Waals surface area contributed by atoms with Gasteiger partial charge >= 0.3 is 0 Å². The van der Waals surface area contributed by atoms with Crippen molar-refractivity contribution in [2.24, 2.45) is 0 Å². The van der Waals surface area contributed by atoms with Crippen LogP contribution in [0, 0.1) is 0 Å². The Labute approximate surface area is 110 Å². The van der Waals surface area contributed by atoms with Gasteiger partial charge in [0.05, 0.1) is 12.0 Å². The van der Waals surface area contributed by atoms with Crippen molar-refractivity contribution in [2.45, 2.75) is 4.90 Å². The molecule has 0 saturated heterocycles. The number of methoxy groups -OCH3 is 1. The number of nitrogens with one attached hydrogen (secondary N) is 1. The molecule has 19 heavy (non-hydrogen) atoms. The van der Waals surface area contributed by atoms with E-state index >= 15 is 0 Å². The summed E-state index contributed by atoms with van der Waals surface area (Å²) >= 11 is 0. The van der Waals surface area contributed by atoms with E-state index in [1.165, 1.54) is 43.8 Å². The number of hydrogen-bond acceptors (Lipinski definition) is 6. The van der Waals surface area contributed by atoms with E-state index in [0.29, 0.717) is 5.69 Å². The zero-order valence-electron chi connectivity index (χ0n) is 10.1. The van der Waals surface area contributed by atoms with Crippen molar-refractivity contribution >= 4 is 21.5 Å². The molecule has 2 aromatic rings. The molecule has 0 spiro atoms. The van der Waals surface area contributed by atoms with Gasteiger partial charge in [0, 0.05) is 18.1 Å². The van der Waals surface area contributed by atoms with E-state index in [1.807, 2.05) is 0 Å². The summed E-state index contributed by atoms with van der Waals surface area (Å²) in [6.45, 7) is 0. The van der Waals surface area contributed by atoms with Gasteiger partial charge in [-0.15, -0.1) is 0 Å². The largest absolute Gasteiger partial charge is 0.478 e. The molecule has 0 atom stereocenters. The number of ether oxygens (including phenoxy) is 1. The highest BCUT2D eigenvalue weighted by Gasteiger charge is 2.17. The third-order valence-corrected chi connectivity index (χ3v) is 3.63. The topological polar surface area (TPSA) is 107 Å². The fourth-order valence-corrected chi connectivity index (χ4v) is 2.38. The van der Waals surface area contributed by atoms with E-state index in [2.05, 4.69) is 14.7 Å². The van der Waals surface area contributed by atoms with E-state index in [0.717, 1.165) is 0 Å². The standard InChI is InChI=1S/C11H12N4O3S/c1-18-11-10(13-6-7-14-11)15-19(16,17)9-4-2-8(12)3-5-9/h2-7H,12H2,1H3,(H,13,15)/i2+1,3+1,4+1,5+1,8+1,9+1. The number of sulfonamides is 1. The van der Waals surface area contributed by atoms with Crippen LogP contribution in [0.5, 0.6) is 5.88 Å². The molecule has 0 bridgehead atoms. The van der Waals surface area contributed by atoms with Crippen molar-refractivity contribution in [3.63, 3.8) is 0 Å². The molecule has 0 aliphatic carbocycles. The van der Waals surface area contributed by atoms with Gasteiger partial charge in [0.1, 0.15) is 0 Å². The van der Waals surface area contributed by atoms with Crippen molar-refractivity contribution in [3.05, 3.63) is 36.7 Å². The number of nitrogens with zero attached hydrogens (tertiary/aromatic N) is 2. The molecule has 0 saturated carbocycles. The van der Waals surface area contributed by atoms with Gasteiger partial charge in [0.2, 0.25) is 5.82 Å². The van der Waals surface area contributed by atoms with E-state index < -0.39 is 10.0 Å². The summed E-state index contributed by atoms with van der Waals surface area (Å²) in [6, 6.07) is 5.81. The van der Waals surface area contributed by atoms with Crippen LogP contribution in [0.3, 0.4) is 0 Å². The van der Waals surface area contributed by atoms with Crippen molar-refractivity contribution in [1.82, 2.24) is 9.97 Å². The molecule has 8 heteroatoms. The van der Waals surface area contributed by atoms with Crippen LogP contribution in [-0.4, -0.2) is 25.5 Å². The van der Waals surface area contributed by atoms with Gasteiger partial charge in [-0.05, 0) is 24.3 Å². The van der Waals surface area contributed by atoms with Crippen LogP contribution in [0.25, 0.3) is 0 Å². The lowest BCUT2D eigenvalue weighted by molar-refractivity contribution is 0.398. The molecular weight excluding hydrogens is 274 g/mol. The zero-order chi connectivity index (χ0) is 13.9. The Balaban J connectivity index is 2.34. The fourth-order valence-electron chi connectivity index (χ4n) is 1.38. The van der Waals surface area contributed by atoms with Gasteiger partial charge in [-0.3, -0.25) is 4.72 Å². The number of rotatable bonds is 4. The van der Waals surface area contributed by atoms with Gasteiger partial charge in [0.15, 0.2) is 0 Å². The molecule has 0 unspecified atom stereocenters. The second-order valence-corrected chi connectivity index (χ2v) is 5.27. The molecule has 0 amide bonds. The third-order valence-electron chi connectivity index (χ3n) is 2.28. The van der Waals surface area contributed by atoms with E-state index in [9.17, 15) is 8.42 Å². The maximum absolute atomic E-state index is 12.1. The first-order valence-electron chi connectivity index (χ1n) is 5.26. The first kappa shape index (κ1) is 13.1. The van der Waals surface area contributed by atoms with Gasteiger partial charge in [-0.25, -0.2) is 18.4 Å². The average Bonchev–Trinajstić information content (AvgIpc) is 2.39. The Bertz CT molecular complexity index is 671. The Kier molecular flexibility index (Phi) is 3.52. The minimum atomic E-state index is -3.75. The molecule has 0 aliphatic rings. The molecule has 0 aliphatic heterocycles. The van der Waals surface area contributed by atoms with Crippen molar-refractivity contribution in [3.8, 4) is 5.88 Å². The van der Waals surface area contributed by atoms with Gasteiger partial charge in [-0.1, -0.05) is 0 Å². The summed E-state index contributed by atoms with van der Waals surface area (Å²) in [6.07, 6.45) is 2.77. The third kappa shape index (κ3) is 2.91. The molecule has 1 aromatic carbocycles. The van der Waals surface area contributed by atoms with Gasteiger partial charge in [-0.2, -0.15) is 0 Å². The van der Waals surface area contributed by atoms with Crippen LogP contribution in [-0.2, 0) is 10.0 Å². The normalized spacial score (nSPS) is 11.0. The summed E-state index contributed by atoms with van der Waals surface area (Å²) in [7, 11) is -2.37. The highest BCUT2D eigenvalue weighted by Crippen LogP contribution is 2.21. The lowest BCUT2D eigenvalue weighted by atomic mass is 10.6. The summed E-state index contributed by atoms with van der Waals surface area (Å²) in [5, 5.41) is 0.